The summed E-state index contributed by atoms with van der Waals surface area (Å²) in [5.74, 6) is 0.798. The third-order valence-corrected chi connectivity index (χ3v) is 4.33. The van der Waals surface area contributed by atoms with Crippen molar-refractivity contribution in [1.29, 1.82) is 0 Å². The average molecular weight is 298 g/mol. The first-order valence-electron chi connectivity index (χ1n) is 7.85. The van der Waals surface area contributed by atoms with Gasteiger partial charge < -0.3 is 4.90 Å². The van der Waals surface area contributed by atoms with Crippen molar-refractivity contribution < 1.29 is 4.79 Å². The lowest BCUT2D eigenvalue weighted by molar-refractivity contribution is -0.130. The molecule has 22 heavy (non-hydrogen) atoms. The van der Waals surface area contributed by atoms with E-state index in [9.17, 15) is 4.79 Å². The molecule has 3 rings (SSSR count). The molecule has 0 aliphatic carbocycles. The molecule has 5 nitrogen and oxygen atoms in total. The Hall–Kier alpha value is -2.17. The quantitative estimate of drug-likeness (QED) is 0.947. The predicted molar refractivity (Wildman–Crippen MR) is 85.2 cm³/mol. The number of carbonyl (C=O) groups excluding carboxylic acids is 1. The molecule has 1 aliphatic rings. The van der Waals surface area contributed by atoms with E-state index < -0.39 is 0 Å². The number of nitrogens with one attached hydrogen (secondary N) is 1. The maximum atomic E-state index is 11.4. The Morgan fingerprint density at radius 2 is 2.09 bits per heavy atom. The van der Waals surface area contributed by atoms with Gasteiger partial charge in [-0.05, 0) is 50.3 Å². The van der Waals surface area contributed by atoms with Gasteiger partial charge in [0.15, 0.2) is 0 Å². The summed E-state index contributed by atoms with van der Waals surface area (Å²) in [5.41, 5.74) is 3.96. The number of aryl methyl sites for hydroxylation is 1. The molecule has 0 bridgehead atoms. The molecule has 0 unspecified atom stereocenters. The Bertz CT molecular complexity index is 656. The highest BCUT2D eigenvalue weighted by Crippen LogP contribution is 2.22. The average Bonchev–Trinajstić information content (AvgIpc) is 2.95. The summed E-state index contributed by atoms with van der Waals surface area (Å²) in [6.45, 7) is 5.39. The molecule has 0 aromatic carbocycles. The molecule has 1 N–H and O–H groups in total. The van der Waals surface area contributed by atoms with Gasteiger partial charge in [0, 0.05) is 31.4 Å². The number of hydrogen-bond acceptors (Lipinski definition) is 3. The number of amides is 1. The first kappa shape index (κ1) is 14.8. The minimum atomic E-state index is 0.187. The van der Waals surface area contributed by atoms with Crippen molar-refractivity contribution in [3.8, 4) is 11.4 Å². The van der Waals surface area contributed by atoms with E-state index in [0.717, 1.165) is 55.1 Å². The largest absolute Gasteiger partial charge is 0.343 e. The van der Waals surface area contributed by atoms with Crippen LogP contribution in [0.2, 0.25) is 0 Å². The van der Waals surface area contributed by atoms with Gasteiger partial charge in [0.25, 0.3) is 0 Å². The summed E-state index contributed by atoms with van der Waals surface area (Å²) in [5, 5.41) is 7.23. The van der Waals surface area contributed by atoms with Gasteiger partial charge in [-0.25, -0.2) is 0 Å². The molecule has 116 valence electrons. The second-order valence-electron chi connectivity index (χ2n) is 6.10. The van der Waals surface area contributed by atoms with E-state index in [1.165, 1.54) is 0 Å². The highest BCUT2D eigenvalue weighted by molar-refractivity contribution is 5.73. The molecule has 1 fully saturated rings. The van der Waals surface area contributed by atoms with E-state index in [1.54, 1.807) is 6.92 Å². The predicted octanol–water partition coefficient (Wildman–Crippen LogP) is 2.58. The fourth-order valence-electron chi connectivity index (χ4n) is 3.03. The maximum absolute atomic E-state index is 11.4. The van der Waals surface area contributed by atoms with Crippen LogP contribution in [0, 0.1) is 12.8 Å². The van der Waals surface area contributed by atoms with Gasteiger partial charge in [-0.15, -0.1) is 0 Å². The normalized spacial score (nSPS) is 16.0. The van der Waals surface area contributed by atoms with E-state index in [0.29, 0.717) is 5.92 Å². The fraction of sp³-hybridized carbons (Fsp3) is 0.471. The standard InChI is InChI=1S/C17H22N4O/c1-12-10-17(20-19-12)16-5-3-4-15(18-16)11-14-6-8-21(9-7-14)13(2)22/h3-5,10,14H,6-9,11H2,1-2H3,(H,19,20). The van der Waals surface area contributed by atoms with Gasteiger partial charge in [-0.1, -0.05) is 6.07 Å². The maximum Gasteiger partial charge on any atom is 0.219 e. The number of carbonyl (C=O) groups is 1. The van der Waals surface area contributed by atoms with Crippen molar-refractivity contribution in [3.05, 3.63) is 35.7 Å². The van der Waals surface area contributed by atoms with Gasteiger partial charge in [0.2, 0.25) is 5.91 Å². The number of H-pyrrole nitrogens is 1. The third kappa shape index (κ3) is 3.35. The molecule has 0 radical (unpaired) electrons. The smallest absolute Gasteiger partial charge is 0.219 e. The minimum Gasteiger partial charge on any atom is -0.343 e. The molecular weight excluding hydrogens is 276 g/mol. The fourth-order valence-corrected chi connectivity index (χ4v) is 3.03. The van der Waals surface area contributed by atoms with Crippen LogP contribution in [0.5, 0.6) is 0 Å². The van der Waals surface area contributed by atoms with Crippen molar-refractivity contribution in [3.63, 3.8) is 0 Å². The monoisotopic (exact) mass is 298 g/mol. The number of aromatic nitrogens is 3. The van der Waals surface area contributed by atoms with Crippen LogP contribution in [-0.4, -0.2) is 39.1 Å². The zero-order valence-electron chi connectivity index (χ0n) is 13.2. The van der Waals surface area contributed by atoms with Crippen LogP contribution < -0.4 is 0 Å². The Morgan fingerprint density at radius 1 is 1.32 bits per heavy atom. The molecular formula is C17H22N4O. The van der Waals surface area contributed by atoms with Gasteiger partial charge in [-0.2, -0.15) is 5.10 Å². The van der Waals surface area contributed by atoms with E-state index >= 15 is 0 Å². The van der Waals surface area contributed by atoms with E-state index in [-0.39, 0.29) is 5.91 Å². The van der Waals surface area contributed by atoms with Crippen LogP contribution in [0.25, 0.3) is 11.4 Å². The summed E-state index contributed by atoms with van der Waals surface area (Å²) >= 11 is 0. The van der Waals surface area contributed by atoms with E-state index in [2.05, 4.69) is 16.3 Å². The van der Waals surface area contributed by atoms with E-state index in [4.69, 9.17) is 4.98 Å². The number of rotatable bonds is 3. The number of pyridine rings is 1. The SMILES string of the molecule is CC(=O)N1CCC(Cc2cccc(-c3cc(C)[nH]n3)n2)CC1. The van der Waals surface area contributed by atoms with Gasteiger partial charge in [0.05, 0.1) is 5.69 Å². The van der Waals surface area contributed by atoms with Crippen molar-refractivity contribution in [1.82, 2.24) is 20.1 Å². The van der Waals surface area contributed by atoms with Crippen LogP contribution >= 0.6 is 0 Å². The number of piperidine rings is 1. The van der Waals surface area contributed by atoms with Crippen molar-refractivity contribution in [2.75, 3.05) is 13.1 Å². The van der Waals surface area contributed by atoms with Crippen molar-refractivity contribution in [2.24, 2.45) is 5.92 Å². The number of hydrogen-bond donors (Lipinski definition) is 1. The lowest BCUT2D eigenvalue weighted by atomic mass is 9.92. The number of aromatic amines is 1. The second kappa shape index (κ2) is 6.30. The van der Waals surface area contributed by atoms with Crippen molar-refractivity contribution in [2.45, 2.75) is 33.1 Å². The van der Waals surface area contributed by atoms with Gasteiger partial charge >= 0.3 is 0 Å². The molecule has 1 amide bonds. The van der Waals surface area contributed by atoms with Crippen LogP contribution in [0.15, 0.2) is 24.3 Å². The molecule has 2 aromatic rings. The molecule has 0 spiro atoms. The third-order valence-electron chi connectivity index (χ3n) is 4.33. The van der Waals surface area contributed by atoms with Crippen LogP contribution in [0.4, 0.5) is 0 Å². The highest BCUT2D eigenvalue weighted by Gasteiger charge is 2.21. The zero-order chi connectivity index (χ0) is 15.5. The Morgan fingerprint density at radius 3 is 2.73 bits per heavy atom. The topological polar surface area (TPSA) is 61.9 Å². The first-order chi connectivity index (χ1) is 10.6. The lowest BCUT2D eigenvalue weighted by Crippen LogP contribution is -2.37. The lowest BCUT2D eigenvalue weighted by Gasteiger charge is -2.31. The Labute approximate surface area is 130 Å². The Balaban J connectivity index is 1.65. The van der Waals surface area contributed by atoms with Crippen LogP contribution in [0.1, 0.15) is 31.2 Å². The molecule has 0 atom stereocenters. The summed E-state index contributed by atoms with van der Waals surface area (Å²) < 4.78 is 0. The van der Waals surface area contributed by atoms with Crippen molar-refractivity contribution >= 4 is 5.91 Å². The van der Waals surface area contributed by atoms with Gasteiger partial charge in [-0.3, -0.25) is 14.9 Å². The van der Waals surface area contributed by atoms with Crippen LogP contribution in [-0.2, 0) is 11.2 Å². The highest BCUT2D eigenvalue weighted by atomic mass is 16.2. The molecule has 3 heterocycles. The molecule has 1 aliphatic heterocycles. The summed E-state index contributed by atoms with van der Waals surface area (Å²) in [6.07, 6.45) is 3.10. The zero-order valence-corrected chi connectivity index (χ0v) is 13.2. The number of nitrogens with zero attached hydrogens (tertiary/aromatic N) is 3. The van der Waals surface area contributed by atoms with Gasteiger partial charge in [0.1, 0.15) is 5.69 Å². The molecule has 1 saturated heterocycles. The first-order valence-corrected chi connectivity index (χ1v) is 7.85. The minimum absolute atomic E-state index is 0.187. The summed E-state index contributed by atoms with van der Waals surface area (Å²) in [6, 6.07) is 8.14. The van der Waals surface area contributed by atoms with Crippen LogP contribution in [0.3, 0.4) is 0 Å². The molecule has 2 aromatic heterocycles. The van der Waals surface area contributed by atoms with E-state index in [1.807, 2.05) is 30.0 Å². The summed E-state index contributed by atoms with van der Waals surface area (Å²) in [7, 11) is 0. The molecule has 0 saturated carbocycles. The number of likely N-dealkylation sites (tertiary alicyclic amines) is 1. The summed E-state index contributed by atoms with van der Waals surface area (Å²) in [4.78, 5) is 18.0. The molecule has 5 heteroatoms. The Kier molecular flexibility index (Phi) is 4.22. The second-order valence-corrected chi connectivity index (χ2v) is 6.10.